The number of nitrogens with one attached hydrogen (secondary N) is 2. The van der Waals surface area contributed by atoms with Crippen LogP contribution in [0.5, 0.6) is 0 Å². The van der Waals surface area contributed by atoms with Gasteiger partial charge in [-0.15, -0.1) is 0 Å². The van der Waals surface area contributed by atoms with Gasteiger partial charge < -0.3 is 9.97 Å². The molecule has 0 radical (unpaired) electrons. The molecule has 4 aromatic carbocycles. The molecule has 11 heteroatoms. The van der Waals surface area contributed by atoms with Gasteiger partial charge in [-0.05, 0) is 66.1 Å². The number of H-pyrrole nitrogens is 2. The summed E-state index contributed by atoms with van der Waals surface area (Å²) >= 11 is 0. The summed E-state index contributed by atoms with van der Waals surface area (Å²) in [6.07, 6.45) is 10.1. The van der Waals surface area contributed by atoms with Gasteiger partial charge in [0.05, 0.1) is 57.8 Å². The predicted molar refractivity (Wildman–Crippen MR) is 227 cm³/mol. The van der Waals surface area contributed by atoms with Crippen molar-refractivity contribution in [3.05, 3.63) is 206 Å². The number of ketones is 2. The Morgan fingerprint density at radius 3 is 1.58 bits per heavy atom. The number of hydrogen-bond acceptors (Lipinski definition) is 9. The molecule has 0 fully saturated rings. The summed E-state index contributed by atoms with van der Waals surface area (Å²) in [6.45, 7) is 1.41. The number of Topliss-reactive ketones (excluding diaryl/α,β-unsaturated/α-hetero) is 1. The average molecular weight is 773 g/mol. The Balaban J connectivity index is 0.000000168. The van der Waals surface area contributed by atoms with Crippen LogP contribution in [0.4, 0.5) is 0 Å². The molecule has 0 bridgehead atoms. The normalized spacial score (nSPS) is 10.4. The highest BCUT2D eigenvalue weighted by molar-refractivity contribution is 6.15. The average Bonchev–Trinajstić information content (AvgIpc) is 3.28. The Hall–Kier alpha value is -8.67. The lowest BCUT2D eigenvalue weighted by molar-refractivity contribution is 0.101. The van der Waals surface area contributed by atoms with E-state index in [9.17, 15) is 24.0 Å². The molecule has 8 aromatic rings. The maximum absolute atomic E-state index is 13.0. The molecule has 284 valence electrons. The van der Waals surface area contributed by atoms with E-state index in [1.165, 1.54) is 13.0 Å². The van der Waals surface area contributed by atoms with Gasteiger partial charge in [-0.1, -0.05) is 91.0 Å². The largest absolute Gasteiger partial charge is 0.320 e. The zero-order valence-corrected chi connectivity index (χ0v) is 31.4. The number of benzene rings is 4. The third kappa shape index (κ3) is 9.42. The Morgan fingerprint density at radius 2 is 1.08 bits per heavy atom. The smallest absolute Gasteiger partial charge is 0.260 e. The number of nitriles is 2. The maximum atomic E-state index is 13.0. The highest BCUT2D eigenvalue weighted by Gasteiger charge is 2.20. The van der Waals surface area contributed by atoms with E-state index in [1.54, 1.807) is 91.5 Å². The standard InChI is InChI=1S/C24H15N3O2.C16H12N2O2.C8H5NO/c25-14-17-6-4-5-16(13-17)9-10-21(28)23-22(18-7-2-1-3-8-18)19-11-12-26-15-20(19)27-24(23)29;1-10(19)14-15(11-5-3-2-4-6-11)12-7-8-17-9-13(12)18-16(14)20;9-5-7-2-1-3-8(4-7)6-10/h1-13,15H,(H,27,29);2-9H,1H3,(H,18,20);1-4,6H/b10-9+;;. The zero-order valence-electron chi connectivity index (χ0n) is 31.4. The Morgan fingerprint density at radius 1 is 0.610 bits per heavy atom. The number of aromatic nitrogens is 4. The quantitative estimate of drug-likeness (QED) is 0.0908. The summed E-state index contributed by atoms with van der Waals surface area (Å²) in [5, 5.41) is 19.0. The van der Waals surface area contributed by atoms with Crippen LogP contribution in [0.1, 0.15) is 54.7 Å². The van der Waals surface area contributed by atoms with Crippen LogP contribution in [-0.4, -0.2) is 37.8 Å². The van der Waals surface area contributed by atoms with Crippen LogP contribution in [0.25, 0.3) is 50.1 Å². The second-order valence-electron chi connectivity index (χ2n) is 12.8. The molecule has 0 saturated heterocycles. The summed E-state index contributed by atoms with van der Waals surface area (Å²) in [7, 11) is 0. The zero-order chi connectivity index (χ0) is 41.7. The van der Waals surface area contributed by atoms with E-state index in [1.807, 2.05) is 66.7 Å². The fourth-order valence-corrected chi connectivity index (χ4v) is 6.32. The van der Waals surface area contributed by atoms with E-state index in [0.717, 1.165) is 28.2 Å². The monoisotopic (exact) mass is 772 g/mol. The van der Waals surface area contributed by atoms with Crippen molar-refractivity contribution in [1.82, 2.24) is 19.9 Å². The molecule has 4 heterocycles. The second kappa shape index (κ2) is 18.8. The number of aldehydes is 1. The lowest BCUT2D eigenvalue weighted by Crippen LogP contribution is -2.18. The number of aromatic amines is 2. The molecule has 0 aliphatic heterocycles. The third-order valence-corrected chi connectivity index (χ3v) is 8.95. The molecule has 0 unspecified atom stereocenters. The number of hydrogen-bond donors (Lipinski definition) is 2. The first-order chi connectivity index (χ1) is 28.7. The number of pyridine rings is 4. The molecular weight excluding hydrogens is 741 g/mol. The molecule has 0 aliphatic rings. The van der Waals surface area contributed by atoms with Crippen molar-refractivity contribution in [1.29, 1.82) is 10.5 Å². The molecule has 0 aliphatic carbocycles. The van der Waals surface area contributed by atoms with Crippen LogP contribution in [-0.2, 0) is 0 Å². The molecule has 8 rings (SSSR count). The molecule has 4 aromatic heterocycles. The highest BCUT2D eigenvalue weighted by atomic mass is 16.2. The van der Waals surface area contributed by atoms with Crippen LogP contribution in [0.2, 0.25) is 0 Å². The molecular formula is C48H32N6O5. The maximum Gasteiger partial charge on any atom is 0.260 e. The van der Waals surface area contributed by atoms with Crippen LogP contribution in [0.15, 0.2) is 162 Å². The molecule has 59 heavy (non-hydrogen) atoms. The molecule has 11 nitrogen and oxygen atoms in total. The number of allylic oxidation sites excluding steroid dienone is 1. The van der Waals surface area contributed by atoms with Crippen LogP contribution < -0.4 is 11.1 Å². The summed E-state index contributed by atoms with van der Waals surface area (Å²) in [4.78, 5) is 73.6. The first kappa shape index (κ1) is 40.0. The highest BCUT2D eigenvalue weighted by Crippen LogP contribution is 2.30. The first-order valence-corrected chi connectivity index (χ1v) is 18.0. The van der Waals surface area contributed by atoms with Gasteiger partial charge in [0.15, 0.2) is 11.6 Å². The van der Waals surface area contributed by atoms with Crippen molar-refractivity contribution in [3.63, 3.8) is 0 Å². The first-order valence-electron chi connectivity index (χ1n) is 18.0. The lowest BCUT2D eigenvalue weighted by atomic mass is 9.94. The van der Waals surface area contributed by atoms with Gasteiger partial charge in [0.2, 0.25) is 0 Å². The van der Waals surface area contributed by atoms with Gasteiger partial charge in [0.1, 0.15) is 6.29 Å². The van der Waals surface area contributed by atoms with E-state index in [4.69, 9.17) is 10.5 Å². The van der Waals surface area contributed by atoms with Crippen LogP contribution in [0, 0.1) is 22.7 Å². The minimum absolute atomic E-state index is 0.0718. The molecule has 0 amide bonds. The van der Waals surface area contributed by atoms with Crippen molar-refractivity contribution >= 4 is 45.7 Å². The fourth-order valence-electron chi connectivity index (χ4n) is 6.32. The second-order valence-corrected chi connectivity index (χ2v) is 12.8. The van der Waals surface area contributed by atoms with E-state index in [2.05, 4.69) is 26.0 Å². The summed E-state index contributed by atoms with van der Waals surface area (Å²) in [6, 6.07) is 39.8. The van der Waals surface area contributed by atoms with Crippen molar-refractivity contribution in [2.75, 3.05) is 0 Å². The number of rotatable bonds is 7. The summed E-state index contributed by atoms with van der Waals surface area (Å²) in [5.74, 6) is -0.657. The van der Waals surface area contributed by atoms with Gasteiger partial charge in [-0.3, -0.25) is 33.9 Å². The Kier molecular flexibility index (Phi) is 12.7. The van der Waals surface area contributed by atoms with Crippen molar-refractivity contribution in [3.8, 4) is 34.4 Å². The van der Waals surface area contributed by atoms with Crippen LogP contribution >= 0.6 is 0 Å². The van der Waals surface area contributed by atoms with Gasteiger partial charge in [0, 0.05) is 39.9 Å². The van der Waals surface area contributed by atoms with E-state index in [0.29, 0.717) is 44.4 Å². The van der Waals surface area contributed by atoms with Crippen molar-refractivity contribution in [2.45, 2.75) is 6.92 Å². The molecule has 2 N–H and O–H groups in total. The van der Waals surface area contributed by atoms with E-state index >= 15 is 0 Å². The minimum Gasteiger partial charge on any atom is -0.320 e. The minimum atomic E-state index is -0.468. The van der Waals surface area contributed by atoms with E-state index in [-0.39, 0.29) is 22.5 Å². The molecule has 0 spiro atoms. The van der Waals surface area contributed by atoms with Gasteiger partial charge >= 0.3 is 0 Å². The third-order valence-electron chi connectivity index (χ3n) is 8.95. The van der Waals surface area contributed by atoms with E-state index < -0.39 is 11.3 Å². The summed E-state index contributed by atoms with van der Waals surface area (Å²) in [5.41, 5.74) is 5.74. The Labute approximate surface area is 337 Å². The fraction of sp³-hybridized carbons (Fsp3) is 0.0208. The Bertz CT molecular complexity index is 3090. The SMILES string of the molecule is CC(=O)c1c(-c2ccccc2)c2ccncc2[nH]c1=O.N#Cc1cccc(/C=C/C(=O)c2c(-c3ccccc3)c3ccncc3[nH]c2=O)c1.N#Cc1cccc(C=O)c1. The summed E-state index contributed by atoms with van der Waals surface area (Å²) < 4.78 is 0. The number of nitrogens with zero attached hydrogens (tertiary/aromatic N) is 4. The number of carbonyl (C=O) groups is 3. The van der Waals surface area contributed by atoms with Crippen LogP contribution in [0.3, 0.4) is 0 Å². The van der Waals surface area contributed by atoms with Gasteiger partial charge in [0.25, 0.3) is 11.1 Å². The number of carbonyl (C=O) groups excluding carboxylic acids is 3. The predicted octanol–water partition coefficient (Wildman–Crippen LogP) is 8.52. The van der Waals surface area contributed by atoms with Crippen molar-refractivity contribution < 1.29 is 14.4 Å². The van der Waals surface area contributed by atoms with Crippen molar-refractivity contribution in [2.24, 2.45) is 0 Å². The molecule has 0 saturated carbocycles. The van der Waals surface area contributed by atoms with Gasteiger partial charge in [-0.25, -0.2) is 0 Å². The molecule has 0 atom stereocenters. The lowest BCUT2D eigenvalue weighted by Gasteiger charge is -2.11. The van der Waals surface area contributed by atoms with Gasteiger partial charge in [-0.2, -0.15) is 10.5 Å². The number of fused-ring (bicyclic) bond motifs is 2. The topological polar surface area (TPSA) is 190 Å².